The SMILES string of the molecule is COc1ccc(-c2nc(SCC(=O)Nc3cccc(C)c3C)c3c(=O)n(C)c(=O)n(C)c3n2)cc1OC. The lowest BCUT2D eigenvalue weighted by Gasteiger charge is -2.14. The minimum absolute atomic E-state index is 0.00311. The van der Waals surface area contributed by atoms with E-state index in [0.717, 1.165) is 33.1 Å². The maximum atomic E-state index is 13.1. The van der Waals surface area contributed by atoms with Gasteiger partial charge in [0.25, 0.3) is 5.56 Å². The molecule has 1 amide bonds. The van der Waals surface area contributed by atoms with Crippen LogP contribution in [0.1, 0.15) is 11.1 Å². The van der Waals surface area contributed by atoms with E-state index in [2.05, 4.69) is 15.3 Å². The van der Waals surface area contributed by atoms with Crippen LogP contribution in [0.4, 0.5) is 5.69 Å². The first-order valence-corrected chi connectivity index (χ1v) is 12.3. The van der Waals surface area contributed by atoms with Gasteiger partial charge >= 0.3 is 5.69 Å². The van der Waals surface area contributed by atoms with Crippen molar-refractivity contribution in [3.63, 3.8) is 0 Å². The summed E-state index contributed by atoms with van der Waals surface area (Å²) in [4.78, 5) is 47.7. The number of nitrogens with zero attached hydrogens (tertiary/aromatic N) is 4. The van der Waals surface area contributed by atoms with Gasteiger partial charge in [-0.05, 0) is 49.2 Å². The Kier molecular flexibility index (Phi) is 7.35. The van der Waals surface area contributed by atoms with Gasteiger partial charge in [-0.2, -0.15) is 0 Å². The first kappa shape index (κ1) is 26.0. The molecule has 0 atom stereocenters. The van der Waals surface area contributed by atoms with E-state index in [1.165, 1.54) is 32.9 Å². The number of nitrogens with one attached hydrogen (secondary N) is 1. The molecule has 0 bridgehead atoms. The predicted octanol–water partition coefficient (Wildman–Crippen LogP) is 3.06. The van der Waals surface area contributed by atoms with Gasteiger partial charge in [-0.3, -0.25) is 18.7 Å². The highest BCUT2D eigenvalue weighted by molar-refractivity contribution is 8.00. The topological polar surface area (TPSA) is 117 Å². The summed E-state index contributed by atoms with van der Waals surface area (Å²) in [5, 5.41) is 3.38. The number of amides is 1. The number of benzene rings is 2. The number of thioether (sulfide) groups is 1. The normalized spacial score (nSPS) is 11.0. The van der Waals surface area contributed by atoms with E-state index in [9.17, 15) is 14.4 Å². The van der Waals surface area contributed by atoms with Gasteiger partial charge < -0.3 is 14.8 Å². The molecule has 0 aliphatic carbocycles. The Morgan fingerprint density at radius 3 is 2.43 bits per heavy atom. The number of aromatic nitrogens is 4. The molecule has 0 unspecified atom stereocenters. The standard InChI is InChI=1S/C26H27N5O5S/c1-14-8-7-9-17(15(14)2)27-20(32)13-37-24-21-23(30(3)26(34)31(4)25(21)33)28-22(29-24)16-10-11-18(35-5)19(12-16)36-6/h7-12H,13H2,1-6H3,(H,27,32). The molecule has 11 heteroatoms. The smallest absolute Gasteiger partial charge is 0.332 e. The van der Waals surface area contributed by atoms with Crippen molar-refractivity contribution in [2.75, 3.05) is 25.3 Å². The number of carbonyl (C=O) groups is 1. The average Bonchev–Trinajstić information content (AvgIpc) is 2.91. The summed E-state index contributed by atoms with van der Waals surface area (Å²) in [5.41, 5.74) is 2.49. The summed E-state index contributed by atoms with van der Waals surface area (Å²) < 4.78 is 13.0. The number of aryl methyl sites for hydroxylation is 2. The predicted molar refractivity (Wildman–Crippen MR) is 144 cm³/mol. The number of carbonyl (C=O) groups excluding carboxylic acids is 1. The number of rotatable bonds is 7. The molecule has 2 heterocycles. The van der Waals surface area contributed by atoms with Gasteiger partial charge in [0, 0.05) is 25.3 Å². The third kappa shape index (κ3) is 4.94. The van der Waals surface area contributed by atoms with Gasteiger partial charge in [0.1, 0.15) is 10.4 Å². The van der Waals surface area contributed by atoms with Crippen LogP contribution in [0.15, 0.2) is 51.0 Å². The lowest BCUT2D eigenvalue weighted by molar-refractivity contribution is -0.113. The second kappa shape index (κ2) is 10.5. The molecule has 0 fully saturated rings. The Morgan fingerprint density at radius 1 is 1.00 bits per heavy atom. The van der Waals surface area contributed by atoms with E-state index >= 15 is 0 Å². The first-order chi connectivity index (χ1) is 17.7. The van der Waals surface area contributed by atoms with Gasteiger partial charge in [-0.1, -0.05) is 23.9 Å². The van der Waals surface area contributed by atoms with Gasteiger partial charge in [0.05, 0.1) is 20.0 Å². The molecular formula is C26H27N5O5S. The zero-order valence-electron chi connectivity index (χ0n) is 21.4. The van der Waals surface area contributed by atoms with Crippen molar-refractivity contribution in [2.24, 2.45) is 14.1 Å². The van der Waals surface area contributed by atoms with Crippen molar-refractivity contribution in [2.45, 2.75) is 18.9 Å². The quantitative estimate of drug-likeness (QED) is 0.291. The Labute approximate surface area is 217 Å². The average molecular weight is 522 g/mol. The summed E-state index contributed by atoms with van der Waals surface area (Å²) in [6.07, 6.45) is 0. The summed E-state index contributed by atoms with van der Waals surface area (Å²) in [5.74, 6) is 1.03. The molecule has 192 valence electrons. The zero-order chi connectivity index (χ0) is 26.9. The molecule has 0 spiro atoms. The summed E-state index contributed by atoms with van der Waals surface area (Å²) >= 11 is 1.10. The molecule has 0 aliphatic rings. The molecule has 0 radical (unpaired) electrons. The zero-order valence-corrected chi connectivity index (χ0v) is 22.2. The molecular weight excluding hydrogens is 494 g/mol. The molecule has 0 aliphatic heterocycles. The van der Waals surface area contributed by atoms with Crippen LogP contribution in [0.3, 0.4) is 0 Å². The second-order valence-electron chi connectivity index (χ2n) is 8.41. The molecule has 37 heavy (non-hydrogen) atoms. The summed E-state index contributed by atoms with van der Waals surface area (Å²) in [6, 6.07) is 10.9. The molecule has 2 aromatic heterocycles. The van der Waals surface area contributed by atoms with Crippen LogP contribution in [-0.4, -0.2) is 45.0 Å². The van der Waals surface area contributed by atoms with E-state index in [1.807, 2.05) is 32.0 Å². The van der Waals surface area contributed by atoms with E-state index in [1.54, 1.807) is 18.2 Å². The van der Waals surface area contributed by atoms with Crippen LogP contribution < -0.4 is 26.0 Å². The number of hydrogen-bond donors (Lipinski definition) is 1. The van der Waals surface area contributed by atoms with Crippen molar-refractivity contribution < 1.29 is 14.3 Å². The Hall–Kier alpha value is -4.12. The van der Waals surface area contributed by atoms with Crippen LogP contribution in [-0.2, 0) is 18.9 Å². The maximum absolute atomic E-state index is 13.1. The lowest BCUT2D eigenvalue weighted by atomic mass is 10.1. The van der Waals surface area contributed by atoms with Crippen LogP contribution in [0.25, 0.3) is 22.4 Å². The van der Waals surface area contributed by atoms with Gasteiger partial charge in [0.15, 0.2) is 23.0 Å². The van der Waals surface area contributed by atoms with Crippen molar-refractivity contribution in [3.05, 3.63) is 68.4 Å². The molecule has 0 saturated carbocycles. The fraction of sp³-hybridized carbons (Fsp3) is 0.269. The molecule has 2 aromatic carbocycles. The van der Waals surface area contributed by atoms with Gasteiger partial charge in [-0.25, -0.2) is 14.8 Å². The minimum Gasteiger partial charge on any atom is -0.493 e. The van der Waals surface area contributed by atoms with Crippen LogP contribution >= 0.6 is 11.8 Å². The molecule has 1 N–H and O–H groups in total. The number of ether oxygens (including phenoxy) is 2. The Morgan fingerprint density at radius 2 is 1.73 bits per heavy atom. The van der Waals surface area contributed by atoms with Crippen LogP contribution in [0.5, 0.6) is 11.5 Å². The van der Waals surface area contributed by atoms with E-state index in [4.69, 9.17) is 9.47 Å². The highest BCUT2D eigenvalue weighted by Gasteiger charge is 2.20. The third-order valence-electron chi connectivity index (χ3n) is 6.13. The molecule has 10 nitrogen and oxygen atoms in total. The van der Waals surface area contributed by atoms with Crippen LogP contribution in [0.2, 0.25) is 0 Å². The molecule has 0 saturated heterocycles. The van der Waals surface area contributed by atoms with Crippen molar-refractivity contribution in [1.29, 1.82) is 0 Å². The maximum Gasteiger partial charge on any atom is 0.332 e. The third-order valence-corrected chi connectivity index (χ3v) is 7.10. The summed E-state index contributed by atoms with van der Waals surface area (Å²) in [6.45, 7) is 3.91. The first-order valence-electron chi connectivity index (χ1n) is 11.3. The Bertz CT molecular complexity index is 1640. The number of anilines is 1. The second-order valence-corrected chi connectivity index (χ2v) is 9.37. The fourth-order valence-electron chi connectivity index (χ4n) is 3.84. The number of methoxy groups -OCH3 is 2. The lowest BCUT2D eigenvalue weighted by Crippen LogP contribution is -2.37. The highest BCUT2D eigenvalue weighted by atomic mass is 32.2. The van der Waals surface area contributed by atoms with E-state index < -0.39 is 11.2 Å². The minimum atomic E-state index is -0.533. The van der Waals surface area contributed by atoms with Crippen molar-refractivity contribution in [3.8, 4) is 22.9 Å². The van der Waals surface area contributed by atoms with Crippen LogP contribution in [0, 0.1) is 13.8 Å². The van der Waals surface area contributed by atoms with Gasteiger partial charge in [0.2, 0.25) is 5.91 Å². The molecule has 4 rings (SSSR count). The number of hydrogen-bond acceptors (Lipinski definition) is 8. The number of fused-ring (bicyclic) bond motifs is 1. The van der Waals surface area contributed by atoms with E-state index in [-0.39, 0.29) is 28.5 Å². The van der Waals surface area contributed by atoms with Crippen molar-refractivity contribution in [1.82, 2.24) is 19.1 Å². The fourth-order valence-corrected chi connectivity index (χ4v) is 4.66. The van der Waals surface area contributed by atoms with Crippen molar-refractivity contribution >= 4 is 34.4 Å². The van der Waals surface area contributed by atoms with E-state index in [0.29, 0.717) is 22.1 Å². The summed E-state index contributed by atoms with van der Waals surface area (Å²) in [7, 11) is 5.99. The Balaban J connectivity index is 1.79. The monoisotopic (exact) mass is 521 g/mol. The highest BCUT2D eigenvalue weighted by Crippen LogP contribution is 2.33. The van der Waals surface area contributed by atoms with Gasteiger partial charge in [-0.15, -0.1) is 0 Å². The largest absolute Gasteiger partial charge is 0.493 e. The molecule has 4 aromatic rings.